The molecule has 5 nitrogen and oxygen atoms in total. The summed E-state index contributed by atoms with van der Waals surface area (Å²) in [5.74, 6) is -0.997. The first-order valence-electron chi connectivity index (χ1n) is 6.78. The first-order valence-corrected chi connectivity index (χ1v) is 6.78. The molecular formula is C17H11N3O2. The number of H-pyrrole nitrogens is 1. The Morgan fingerprint density at radius 2 is 1.86 bits per heavy atom. The van der Waals surface area contributed by atoms with Crippen molar-refractivity contribution in [3.05, 3.63) is 60.6 Å². The number of hydrogen-bond donors (Lipinski definition) is 2. The Hall–Kier alpha value is -3.21. The van der Waals surface area contributed by atoms with Crippen LogP contribution in [-0.2, 0) is 0 Å². The fourth-order valence-corrected chi connectivity index (χ4v) is 2.69. The van der Waals surface area contributed by atoms with Crippen LogP contribution in [0.4, 0.5) is 0 Å². The Labute approximate surface area is 125 Å². The molecule has 5 heteroatoms. The van der Waals surface area contributed by atoms with Crippen LogP contribution in [0.3, 0.4) is 0 Å². The van der Waals surface area contributed by atoms with Crippen LogP contribution >= 0.6 is 0 Å². The second-order valence-corrected chi connectivity index (χ2v) is 5.02. The van der Waals surface area contributed by atoms with Crippen molar-refractivity contribution in [2.45, 2.75) is 0 Å². The van der Waals surface area contributed by atoms with Crippen LogP contribution in [0.15, 0.2) is 55.0 Å². The molecule has 106 valence electrons. The van der Waals surface area contributed by atoms with Crippen molar-refractivity contribution >= 4 is 27.8 Å². The van der Waals surface area contributed by atoms with E-state index in [0.717, 1.165) is 16.3 Å². The molecule has 22 heavy (non-hydrogen) atoms. The van der Waals surface area contributed by atoms with Gasteiger partial charge in [0.2, 0.25) is 0 Å². The van der Waals surface area contributed by atoms with Gasteiger partial charge in [-0.3, -0.25) is 0 Å². The highest BCUT2D eigenvalue weighted by molar-refractivity contribution is 6.08. The summed E-state index contributed by atoms with van der Waals surface area (Å²) in [6.07, 6.45) is 2.89. The Bertz CT molecular complexity index is 1020. The summed E-state index contributed by atoms with van der Waals surface area (Å²) in [5, 5.41) is 12.1. The summed E-state index contributed by atoms with van der Waals surface area (Å²) in [6, 6.07) is 14.0. The van der Waals surface area contributed by atoms with E-state index in [1.807, 2.05) is 42.5 Å². The third kappa shape index (κ3) is 1.83. The van der Waals surface area contributed by atoms with E-state index in [4.69, 9.17) is 0 Å². The molecule has 4 aromatic rings. The molecule has 0 amide bonds. The van der Waals surface area contributed by atoms with Crippen LogP contribution in [0.1, 0.15) is 10.4 Å². The van der Waals surface area contributed by atoms with Gasteiger partial charge < -0.3 is 10.1 Å². The van der Waals surface area contributed by atoms with Crippen LogP contribution in [0.5, 0.6) is 0 Å². The summed E-state index contributed by atoms with van der Waals surface area (Å²) in [4.78, 5) is 22.7. The molecular weight excluding hydrogens is 278 g/mol. The molecule has 0 spiro atoms. The number of carbonyl (C=O) groups is 1. The van der Waals surface area contributed by atoms with Crippen LogP contribution in [-0.4, -0.2) is 26.0 Å². The summed E-state index contributed by atoms with van der Waals surface area (Å²) in [5.41, 5.74) is 2.19. The predicted octanol–water partition coefficient (Wildman–Crippen LogP) is 3.48. The Kier molecular flexibility index (Phi) is 2.66. The number of rotatable bonds is 2. The molecule has 0 aliphatic rings. The molecule has 0 fully saturated rings. The molecule has 4 rings (SSSR count). The molecule has 0 atom stereocenters. The van der Waals surface area contributed by atoms with Gasteiger partial charge in [0.15, 0.2) is 0 Å². The molecule has 0 aliphatic heterocycles. The van der Waals surface area contributed by atoms with Crippen LogP contribution in [0.2, 0.25) is 0 Å². The third-order valence-corrected chi connectivity index (χ3v) is 3.72. The van der Waals surface area contributed by atoms with Gasteiger partial charge in [0.05, 0.1) is 16.6 Å². The van der Waals surface area contributed by atoms with Gasteiger partial charge in [-0.1, -0.05) is 36.4 Å². The topological polar surface area (TPSA) is 78.9 Å². The number of carboxylic acids is 1. The Morgan fingerprint density at radius 3 is 2.68 bits per heavy atom. The third-order valence-electron chi connectivity index (χ3n) is 3.72. The minimum absolute atomic E-state index is 0.179. The number of carboxylic acid groups (broad SMARTS) is 1. The fourth-order valence-electron chi connectivity index (χ4n) is 2.69. The lowest BCUT2D eigenvalue weighted by molar-refractivity contribution is 0.0699. The maximum atomic E-state index is 11.4. The van der Waals surface area contributed by atoms with E-state index in [-0.39, 0.29) is 5.56 Å². The number of aromatic carboxylic acids is 1. The molecule has 2 aromatic carbocycles. The monoisotopic (exact) mass is 289 g/mol. The first-order chi connectivity index (χ1) is 10.7. The van der Waals surface area contributed by atoms with Crippen molar-refractivity contribution in [1.82, 2.24) is 15.0 Å². The van der Waals surface area contributed by atoms with Crippen LogP contribution in [0.25, 0.3) is 33.1 Å². The van der Waals surface area contributed by atoms with Crippen LogP contribution in [0, 0.1) is 0 Å². The Balaban J connectivity index is 2.03. The number of aromatic nitrogens is 3. The summed E-state index contributed by atoms with van der Waals surface area (Å²) in [7, 11) is 0. The smallest absolute Gasteiger partial charge is 0.338 e. The van der Waals surface area contributed by atoms with E-state index < -0.39 is 5.97 Å². The minimum atomic E-state index is -0.997. The van der Waals surface area contributed by atoms with E-state index in [1.54, 1.807) is 0 Å². The predicted molar refractivity (Wildman–Crippen MR) is 83.8 cm³/mol. The van der Waals surface area contributed by atoms with Crippen molar-refractivity contribution in [3.8, 4) is 11.3 Å². The highest BCUT2D eigenvalue weighted by Crippen LogP contribution is 2.30. The number of nitrogens with zero attached hydrogens (tertiary/aromatic N) is 2. The summed E-state index contributed by atoms with van der Waals surface area (Å²) in [6.45, 7) is 0. The Morgan fingerprint density at radius 1 is 1.05 bits per heavy atom. The lowest BCUT2D eigenvalue weighted by atomic mass is 10.0. The van der Waals surface area contributed by atoms with E-state index in [0.29, 0.717) is 16.7 Å². The van der Waals surface area contributed by atoms with Crippen molar-refractivity contribution in [2.24, 2.45) is 0 Å². The van der Waals surface area contributed by atoms with Gasteiger partial charge in [-0.15, -0.1) is 0 Å². The largest absolute Gasteiger partial charge is 0.478 e. The molecule has 0 saturated carbocycles. The molecule has 0 unspecified atom stereocenters. The SMILES string of the molecule is O=C(O)c1c[nH]c2ncnc(-c3ccc4ccccc4c3)c12. The normalized spacial score (nSPS) is 11.1. The average Bonchev–Trinajstić information content (AvgIpc) is 2.98. The number of nitrogens with one attached hydrogen (secondary N) is 1. The standard InChI is InChI=1S/C17H11N3O2/c21-17(22)13-8-18-16-14(13)15(19-9-20-16)12-6-5-10-3-1-2-4-11(10)7-12/h1-9H,(H,21,22)(H,18,19,20). The van der Waals surface area contributed by atoms with E-state index in [2.05, 4.69) is 15.0 Å². The summed E-state index contributed by atoms with van der Waals surface area (Å²) < 4.78 is 0. The van der Waals surface area contributed by atoms with Crippen LogP contribution < -0.4 is 0 Å². The average molecular weight is 289 g/mol. The highest BCUT2D eigenvalue weighted by atomic mass is 16.4. The molecule has 0 aliphatic carbocycles. The van der Waals surface area contributed by atoms with Crippen molar-refractivity contribution in [2.75, 3.05) is 0 Å². The van der Waals surface area contributed by atoms with E-state index in [1.165, 1.54) is 12.5 Å². The number of aromatic amines is 1. The van der Waals surface area contributed by atoms with E-state index in [9.17, 15) is 9.90 Å². The van der Waals surface area contributed by atoms with Gasteiger partial charge in [-0.2, -0.15) is 0 Å². The molecule has 0 bridgehead atoms. The second-order valence-electron chi connectivity index (χ2n) is 5.02. The molecule has 0 radical (unpaired) electrons. The quantitative estimate of drug-likeness (QED) is 0.592. The zero-order chi connectivity index (χ0) is 15.1. The van der Waals surface area contributed by atoms with Gasteiger partial charge in [-0.25, -0.2) is 14.8 Å². The number of fused-ring (bicyclic) bond motifs is 2. The maximum Gasteiger partial charge on any atom is 0.338 e. The molecule has 2 heterocycles. The molecule has 0 saturated heterocycles. The summed E-state index contributed by atoms with van der Waals surface area (Å²) >= 11 is 0. The van der Waals surface area contributed by atoms with Crippen molar-refractivity contribution in [3.63, 3.8) is 0 Å². The fraction of sp³-hybridized carbons (Fsp3) is 0. The number of benzene rings is 2. The number of hydrogen-bond acceptors (Lipinski definition) is 3. The van der Waals surface area contributed by atoms with Gasteiger partial charge >= 0.3 is 5.97 Å². The highest BCUT2D eigenvalue weighted by Gasteiger charge is 2.17. The second kappa shape index (κ2) is 4.66. The molecule has 2 aromatic heterocycles. The minimum Gasteiger partial charge on any atom is -0.478 e. The zero-order valence-electron chi connectivity index (χ0n) is 11.4. The van der Waals surface area contributed by atoms with Gasteiger partial charge in [-0.05, 0) is 16.8 Å². The van der Waals surface area contributed by atoms with Gasteiger partial charge in [0.1, 0.15) is 12.0 Å². The zero-order valence-corrected chi connectivity index (χ0v) is 11.4. The first kappa shape index (κ1) is 12.5. The van der Waals surface area contributed by atoms with Gasteiger partial charge in [0.25, 0.3) is 0 Å². The maximum absolute atomic E-state index is 11.4. The van der Waals surface area contributed by atoms with Gasteiger partial charge in [0, 0.05) is 11.8 Å². The lowest BCUT2D eigenvalue weighted by Gasteiger charge is -2.05. The lowest BCUT2D eigenvalue weighted by Crippen LogP contribution is -1.96. The van der Waals surface area contributed by atoms with Crippen molar-refractivity contribution < 1.29 is 9.90 Å². The van der Waals surface area contributed by atoms with Crippen molar-refractivity contribution in [1.29, 1.82) is 0 Å². The molecule has 2 N–H and O–H groups in total. The van der Waals surface area contributed by atoms with E-state index >= 15 is 0 Å².